The number of rotatable bonds is 7. The van der Waals surface area contributed by atoms with Gasteiger partial charge < -0.3 is 9.47 Å². The first-order valence-corrected chi connectivity index (χ1v) is 6.06. The maximum atomic E-state index is 11.3. The molecule has 19 heavy (non-hydrogen) atoms. The SMILES string of the molecule is C/C=C/C=C/C(=O)OCC(C)OC(=O)/C=C/C=C/C. The quantitative estimate of drug-likeness (QED) is 0.403. The zero-order valence-corrected chi connectivity index (χ0v) is 11.5. The van der Waals surface area contributed by atoms with E-state index in [1.807, 2.05) is 13.8 Å². The molecule has 0 saturated carbocycles. The van der Waals surface area contributed by atoms with Crippen LogP contribution in [0.2, 0.25) is 0 Å². The van der Waals surface area contributed by atoms with E-state index < -0.39 is 18.0 Å². The molecule has 0 heterocycles. The number of carbonyl (C=O) groups is 2. The van der Waals surface area contributed by atoms with E-state index in [2.05, 4.69) is 0 Å². The third kappa shape index (κ3) is 10.8. The predicted octanol–water partition coefficient (Wildman–Crippen LogP) is 2.73. The second kappa shape index (κ2) is 11.0. The summed E-state index contributed by atoms with van der Waals surface area (Å²) >= 11 is 0. The molecule has 1 unspecified atom stereocenters. The van der Waals surface area contributed by atoms with Crippen molar-refractivity contribution in [1.29, 1.82) is 0 Å². The Kier molecular flexibility index (Phi) is 9.80. The van der Waals surface area contributed by atoms with E-state index in [1.54, 1.807) is 43.4 Å². The highest BCUT2D eigenvalue weighted by molar-refractivity contribution is 5.83. The summed E-state index contributed by atoms with van der Waals surface area (Å²) in [5.41, 5.74) is 0. The minimum atomic E-state index is -0.484. The van der Waals surface area contributed by atoms with Crippen molar-refractivity contribution in [2.45, 2.75) is 26.9 Å². The summed E-state index contributed by atoms with van der Waals surface area (Å²) in [6.07, 6.45) is 12.3. The van der Waals surface area contributed by atoms with Crippen LogP contribution in [0.15, 0.2) is 48.6 Å². The summed E-state index contributed by atoms with van der Waals surface area (Å²) in [7, 11) is 0. The largest absolute Gasteiger partial charge is 0.459 e. The van der Waals surface area contributed by atoms with E-state index >= 15 is 0 Å². The fraction of sp³-hybridized carbons (Fsp3) is 0.333. The molecule has 0 radical (unpaired) electrons. The van der Waals surface area contributed by atoms with Crippen molar-refractivity contribution in [1.82, 2.24) is 0 Å². The van der Waals surface area contributed by atoms with Gasteiger partial charge in [0, 0.05) is 12.2 Å². The van der Waals surface area contributed by atoms with Gasteiger partial charge in [0.25, 0.3) is 0 Å². The van der Waals surface area contributed by atoms with Crippen LogP contribution < -0.4 is 0 Å². The van der Waals surface area contributed by atoms with Gasteiger partial charge in [0.2, 0.25) is 0 Å². The highest BCUT2D eigenvalue weighted by Crippen LogP contribution is 1.96. The van der Waals surface area contributed by atoms with Crippen LogP contribution in [0.3, 0.4) is 0 Å². The van der Waals surface area contributed by atoms with Gasteiger partial charge in [-0.25, -0.2) is 9.59 Å². The van der Waals surface area contributed by atoms with Crippen LogP contribution in [0.5, 0.6) is 0 Å². The van der Waals surface area contributed by atoms with Crippen LogP contribution in [0.25, 0.3) is 0 Å². The number of carbonyl (C=O) groups excluding carboxylic acids is 2. The average Bonchev–Trinajstić information content (AvgIpc) is 2.37. The van der Waals surface area contributed by atoms with Gasteiger partial charge in [-0.15, -0.1) is 0 Å². The van der Waals surface area contributed by atoms with Gasteiger partial charge in [0.1, 0.15) is 12.7 Å². The van der Waals surface area contributed by atoms with Crippen molar-refractivity contribution in [3.8, 4) is 0 Å². The topological polar surface area (TPSA) is 52.6 Å². The standard InChI is InChI=1S/C15H20O4/c1-4-6-8-10-14(16)18-12-13(3)19-15(17)11-9-7-5-2/h4-11,13H,12H2,1-3H3/b6-4+,7-5+,10-8+,11-9+. The molecule has 0 saturated heterocycles. The molecule has 0 aliphatic carbocycles. The van der Waals surface area contributed by atoms with E-state index in [-0.39, 0.29) is 6.61 Å². The number of esters is 2. The highest BCUT2D eigenvalue weighted by Gasteiger charge is 2.08. The Hall–Kier alpha value is -2.10. The number of hydrogen-bond donors (Lipinski definition) is 0. The summed E-state index contributed by atoms with van der Waals surface area (Å²) < 4.78 is 9.90. The Balaban J connectivity index is 3.95. The van der Waals surface area contributed by atoms with Crippen LogP contribution in [0.4, 0.5) is 0 Å². The maximum absolute atomic E-state index is 11.3. The molecule has 0 aromatic heterocycles. The van der Waals surface area contributed by atoms with Gasteiger partial charge in [-0.2, -0.15) is 0 Å². The van der Waals surface area contributed by atoms with Crippen molar-refractivity contribution in [3.05, 3.63) is 48.6 Å². The minimum Gasteiger partial charge on any atom is -0.459 e. The molecule has 0 rings (SSSR count). The van der Waals surface area contributed by atoms with Gasteiger partial charge in [0.05, 0.1) is 0 Å². The number of ether oxygens (including phenoxy) is 2. The van der Waals surface area contributed by atoms with E-state index in [0.717, 1.165) is 0 Å². The van der Waals surface area contributed by atoms with Crippen molar-refractivity contribution < 1.29 is 19.1 Å². The fourth-order valence-corrected chi connectivity index (χ4v) is 1.01. The van der Waals surface area contributed by atoms with Crippen LogP contribution in [-0.2, 0) is 19.1 Å². The molecule has 104 valence electrons. The van der Waals surface area contributed by atoms with Crippen LogP contribution >= 0.6 is 0 Å². The third-order valence-corrected chi connectivity index (χ3v) is 1.85. The smallest absolute Gasteiger partial charge is 0.331 e. The lowest BCUT2D eigenvalue weighted by Crippen LogP contribution is -2.20. The lowest BCUT2D eigenvalue weighted by Gasteiger charge is -2.11. The lowest BCUT2D eigenvalue weighted by molar-refractivity contribution is -0.151. The zero-order valence-electron chi connectivity index (χ0n) is 11.5. The van der Waals surface area contributed by atoms with Crippen molar-refractivity contribution in [2.75, 3.05) is 6.61 Å². The fourth-order valence-electron chi connectivity index (χ4n) is 1.01. The Morgan fingerprint density at radius 2 is 1.47 bits per heavy atom. The Labute approximate surface area is 114 Å². The summed E-state index contributed by atoms with van der Waals surface area (Å²) in [4.78, 5) is 22.5. The molecule has 0 aromatic carbocycles. The van der Waals surface area contributed by atoms with Crippen LogP contribution in [0.1, 0.15) is 20.8 Å². The number of allylic oxidation sites excluding steroid dienone is 6. The molecule has 0 aliphatic rings. The minimum absolute atomic E-state index is 0.0300. The molecule has 0 amide bonds. The molecule has 1 atom stereocenters. The van der Waals surface area contributed by atoms with Crippen LogP contribution in [0, 0.1) is 0 Å². The molecule has 4 nitrogen and oxygen atoms in total. The van der Waals surface area contributed by atoms with E-state index in [0.29, 0.717) is 0 Å². The van der Waals surface area contributed by atoms with Gasteiger partial charge in [-0.3, -0.25) is 0 Å². The first-order chi connectivity index (χ1) is 9.10. The van der Waals surface area contributed by atoms with Gasteiger partial charge in [0.15, 0.2) is 0 Å². The van der Waals surface area contributed by atoms with Crippen molar-refractivity contribution in [3.63, 3.8) is 0 Å². The molecule has 0 aliphatic heterocycles. The van der Waals surface area contributed by atoms with E-state index in [9.17, 15) is 9.59 Å². The van der Waals surface area contributed by atoms with Crippen molar-refractivity contribution in [2.24, 2.45) is 0 Å². The lowest BCUT2D eigenvalue weighted by atomic mass is 10.4. The second-order valence-corrected chi connectivity index (χ2v) is 3.65. The first-order valence-electron chi connectivity index (χ1n) is 6.06. The predicted molar refractivity (Wildman–Crippen MR) is 74.4 cm³/mol. The molecule has 0 fully saturated rings. The normalized spacial score (nSPS) is 13.6. The average molecular weight is 264 g/mol. The Bertz CT molecular complexity index is 389. The monoisotopic (exact) mass is 264 g/mol. The summed E-state index contributed by atoms with van der Waals surface area (Å²) in [5, 5.41) is 0. The summed E-state index contributed by atoms with van der Waals surface area (Å²) in [6.45, 7) is 5.38. The van der Waals surface area contributed by atoms with Crippen molar-refractivity contribution >= 4 is 11.9 Å². The molecule has 0 spiro atoms. The van der Waals surface area contributed by atoms with E-state index in [4.69, 9.17) is 9.47 Å². The third-order valence-electron chi connectivity index (χ3n) is 1.85. The molecule has 0 N–H and O–H groups in total. The molecular formula is C15H20O4. The van der Waals surface area contributed by atoms with Crippen LogP contribution in [-0.4, -0.2) is 24.6 Å². The maximum Gasteiger partial charge on any atom is 0.331 e. The molecular weight excluding hydrogens is 244 g/mol. The molecule has 0 bridgehead atoms. The zero-order chi connectivity index (χ0) is 14.5. The van der Waals surface area contributed by atoms with E-state index in [1.165, 1.54) is 12.2 Å². The molecule has 0 aromatic rings. The Morgan fingerprint density at radius 1 is 0.947 bits per heavy atom. The summed E-state index contributed by atoms with van der Waals surface area (Å²) in [6, 6.07) is 0. The number of hydrogen-bond acceptors (Lipinski definition) is 4. The highest BCUT2D eigenvalue weighted by atomic mass is 16.6. The summed E-state index contributed by atoms with van der Waals surface area (Å²) in [5.74, 6) is -0.934. The van der Waals surface area contributed by atoms with Gasteiger partial charge in [-0.1, -0.05) is 36.5 Å². The molecule has 4 heteroatoms. The first kappa shape index (κ1) is 16.9. The van der Waals surface area contributed by atoms with Gasteiger partial charge in [-0.05, 0) is 20.8 Å². The second-order valence-electron chi connectivity index (χ2n) is 3.65. The Morgan fingerprint density at radius 3 is 2.00 bits per heavy atom. The van der Waals surface area contributed by atoms with Gasteiger partial charge >= 0.3 is 11.9 Å².